The van der Waals surface area contributed by atoms with E-state index in [1.165, 1.54) is 24.3 Å². The summed E-state index contributed by atoms with van der Waals surface area (Å²) < 4.78 is 41.9. The SMILES string of the molecule is C[C@]1(C(=O)NC2CC2)c2ccccc2C(=O)N(Cc2ccc(OC(F)(F)F)cc2)[C@H]1c1ccc(CO)cc1. The number of carbonyl (C=O) groups is 2. The van der Waals surface area contributed by atoms with Crippen molar-refractivity contribution in [3.8, 4) is 5.75 Å². The Morgan fingerprint density at radius 1 is 1.03 bits per heavy atom. The first-order valence-electron chi connectivity index (χ1n) is 12.4. The lowest BCUT2D eigenvalue weighted by molar-refractivity contribution is -0.274. The highest BCUT2D eigenvalue weighted by molar-refractivity contribution is 6.03. The zero-order valence-electron chi connectivity index (χ0n) is 20.7. The van der Waals surface area contributed by atoms with E-state index in [-0.39, 0.29) is 36.8 Å². The molecule has 2 amide bonds. The van der Waals surface area contributed by atoms with Crippen LogP contribution in [0.15, 0.2) is 72.8 Å². The summed E-state index contributed by atoms with van der Waals surface area (Å²) >= 11 is 0. The molecule has 38 heavy (non-hydrogen) atoms. The average molecular weight is 525 g/mol. The molecule has 1 fully saturated rings. The molecule has 1 saturated carbocycles. The van der Waals surface area contributed by atoms with Crippen molar-refractivity contribution < 1.29 is 32.6 Å². The fraction of sp³-hybridized carbons (Fsp3) is 0.310. The number of halogens is 3. The molecule has 0 radical (unpaired) electrons. The number of fused-ring (bicyclic) bond motifs is 1. The first-order valence-corrected chi connectivity index (χ1v) is 12.4. The molecule has 2 atom stereocenters. The van der Waals surface area contributed by atoms with Crippen LogP contribution in [0.2, 0.25) is 0 Å². The molecule has 1 aliphatic heterocycles. The molecule has 198 valence electrons. The summed E-state index contributed by atoms with van der Waals surface area (Å²) in [5.41, 5.74) is 1.83. The number of nitrogens with one attached hydrogen (secondary N) is 1. The van der Waals surface area contributed by atoms with Gasteiger partial charge in [0.1, 0.15) is 5.75 Å². The van der Waals surface area contributed by atoms with Crippen LogP contribution in [0.1, 0.15) is 58.4 Å². The first-order chi connectivity index (χ1) is 18.1. The number of amides is 2. The summed E-state index contributed by atoms with van der Waals surface area (Å²) in [6.07, 6.45) is -3.01. The first kappa shape index (κ1) is 25.8. The maximum atomic E-state index is 13.9. The minimum atomic E-state index is -4.81. The topological polar surface area (TPSA) is 78.9 Å². The number of hydrogen-bond acceptors (Lipinski definition) is 4. The summed E-state index contributed by atoms with van der Waals surface area (Å²) in [4.78, 5) is 29.4. The molecule has 0 spiro atoms. The Kier molecular flexibility index (Phi) is 6.65. The number of ether oxygens (including phenoxy) is 1. The second-order valence-electron chi connectivity index (χ2n) is 9.92. The zero-order valence-corrected chi connectivity index (χ0v) is 20.7. The third-order valence-corrected chi connectivity index (χ3v) is 7.21. The Hall–Kier alpha value is -3.85. The van der Waals surface area contributed by atoms with Gasteiger partial charge in [0.25, 0.3) is 5.91 Å². The molecule has 0 unspecified atom stereocenters. The molecule has 6 nitrogen and oxygen atoms in total. The van der Waals surface area contributed by atoms with Gasteiger partial charge < -0.3 is 20.1 Å². The van der Waals surface area contributed by atoms with E-state index < -0.39 is 17.8 Å². The van der Waals surface area contributed by atoms with Gasteiger partial charge in [-0.25, -0.2) is 0 Å². The van der Waals surface area contributed by atoms with Gasteiger partial charge in [0, 0.05) is 18.2 Å². The number of alkyl halides is 3. The van der Waals surface area contributed by atoms with Crippen LogP contribution in [0.5, 0.6) is 5.75 Å². The van der Waals surface area contributed by atoms with Crippen molar-refractivity contribution in [2.75, 3.05) is 0 Å². The van der Waals surface area contributed by atoms with E-state index in [1.54, 1.807) is 53.4 Å². The lowest BCUT2D eigenvalue weighted by Gasteiger charge is -2.48. The van der Waals surface area contributed by atoms with Crippen LogP contribution >= 0.6 is 0 Å². The van der Waals surface area contributed by atoms with Crippen molar-refractivity contribution in [2.24, 2.45) is 0 Å². The Labute approximate surface area is 218 Å². The van der Waals surface area contributed by atoms with Crippen molar-refractivity contribution in [1.29, 1.82) is 0 Å². The van der Waals surface area contributed by atoms with Crippen molar-refractivity contribution in [1.82, 2.24) is 10.2 Å². The lowest BCUT2D eigenvalue weighted by Crippen LogP contribution is -2.57. The fourth-order valence-electron chi connectivity index (χ4n) is 5.14. The minimum Gasteiger partial charge on any atom is -0.406 e. The van der Waals surface area contributed by atoms with E-state index in [1.807, 2.05) is 6.92 Å². The maximum absolute atomic E-state index is 13.9. The van der Waals surface area contributed by atoms with E-state index >= 15 is 0 Å². The van der Waals surface area contributed by atoms with E-state index in [2.05, 4.69) is 10.1 Å². The summed E-state index contributed by atoms with van der Waals surface area (Å²) in [6.45, 7) is 1.73. The average Bonchev–Trinajstić information content (AvgIpc) is 3.71. The number of benzene rings is 3. The summed E-state index contributed by atoms with van der Waals surface area (Å²) in [7, 11) is 0. The number of carbonyl (C=O) groups excluding carboxylic acids is 2. The lowest BCUT2D eigenvalue weighted by atomic mass is 9.67. The van der Waals surface area contributed by atoms with Crippen LogP contribution in [0, 0.1) is 0 Å². The van der Waals surface area contributed by atoms with Crippen LogP contribution in [0.25, 0.3) is 0 Å². The van der Waals surface area contributed by atoms with Crippen LogP contribution in [-0.2, 0) is 23.4 Å². The standard InChI is InChI=1S/C29H27F3N2O4/c1-28(27(37)33-21-12-13-21)24-5-3-2-4-23(24)26(36)34(25(28)20-10-6-19(17-35)7-11-20)16-18-8-14-22(15-9-18)38-29(30,31)32/h2-11,14-15,21,25,35H,12-13,16-17H2,1H3,(H,33,37)/t25-,28-/m0/s1. The largest absolute Gasteiger partial charge is 0.573 e. The van der Waals surface area contributed by atoms with Gasteiger partial charge >= 0.3 is 6.36 Å². The highest BCUT2D eigenvalue weighted by Gasteiger charge is 2.53. The Bertz CT molecular complexity index is 1340. The second kappa shape index (κ2) is 9.79. The number of aliphatic hydroxyl groups excluding tert-OH is 1. The summed E-state index contributed by atoms with van der Waals surface area (Å²) in [5, 5.41) is 12.7. The van der Waals surface area contributed by atoms with Gasteiger partial charge in [0.05, 0.1) is 18.1 Å². The van der Waals surface area contributed by atoms with E-state index in [0.29, 0.717) is 27.8 Å². The predicted octanol–water partition coefficient (Wildman–Crippen LogP) is 5.01. The molecule has 0 saturated heterocycles. The van der Waals surface area contributed by atoms with Crippen molar-refractivity contribution in [3.63, 3.8) is 0 Å². The third-order valence-electron chi connectivity index (χ3n) is 7.21. The number of aliphatic hydroxyl groups is 1. The van der Waals surface area contributed by atoms with Crippen molar-refractivity contribution in [2.45, 2.75) is 56.8 Å². The van der Waals surface area contributed by atoms with Crippen LogP contribution in [0.4, 0.5) is 13.2 Å². The highest BCUT2D eigenvalue weighted by atomic mass is 19.4. The monoisotopic (exact) mass is 524 g/mol. The molecule has 0 bridgehead atoms. The van der Waals surface area contributed by atoms with Crippen LogP contribution < -0.4 is 10.1 Å². The Morgan fingerprint density at radius 2 is 1.66 bits per heavy atom. The van der Waals surface area contributed by atoms with Gasteiger partial charge in [0.2, 0.25) is 5.91 Å². The van der Waals surface area contributed by atoms with Crippen LogP contribution in [-0.4, -0.2) is 34.2 Å². The molecule has 9 heteroatoms. The number of nitrogens with zero attached hydrogens (tertiary/aromatic N) is 1. The van der Waals surface area contributed by atoms with Gasteiger partial charge in [0.15, 0.2) is 0 Å². The molecule has 3 aromatic carbocycles. The maximum Gasteiger partial charge on any atom is 0.573 e. The number of rotatable bonds is 7. The predicted molar refractivity (Wildman–Crippen MR) is 133 cm³/mol. The van der Waals surface area contributed by atoms with E-state index in [4.69, 9.17) is 0 Å². The molecule has 2 N–H and O–H groups in total. The smallest absolute Gasteiger partial charge is 0.406 e. The van der Waals surface area contributed by atoms with Gasteiger partial charge in [-0.2, -0.15) is 0 Å². The van der Waals surface area contributed by atoms with Crippen molar-refractivity contribution in [3.05, 3.63) is 101 Å². The van der Waals surface area contributed by atoms with Crippen molar-refractivity contribution >= 4 is 11.8 Å². The molecular weight excluding hydrogens is 497 g/mol. The normalized spacial score (nSPS) is 21.1. The van der Waals surface area contributed by atoms with E-state index in [0.717, 1.165) is 12.8 Å². The fourth-order valence-corrected chi connectivity index (χ4v) is 5.14. The summed E-state index contributed by atoms with van der Waals surface area (Å²) in [5.74, 6) is -0.847. The quantitative estimate of drug-likeness (QED) is 0.456. The third kappa shape index (κ3) is 4.98. The molecule has 3 aromatic rings. The van der Waals surface area contributed by atoms with Gasteiger partial charge in [-0.05, 0) is 60.2 Å². The summed E-state index contributed by atoms with van der Waals surface area (Å²) in [6, 6.07) is 18.9. The van der Waals surface area contributed by atoms with E-state index in [9.17, 15) is 27.9 Å². The Morgan fingerprint density at radius 3 is 2.26 bits per heavy atom. The molecule has 1 heterocycles. The zero-order chi connectivity index (χ0) is 27.1. The molecule has 2 aliphatic rings. The Balaban J connectivity index is 1.60. The highest BCUT2D eigenvalue weighted by Crippen LogP contribution is 2.48. The van der Waals surface area contributed by atoms with Gasteiger partial charge in [-0.1, -0.05) is 54.6 Å². The molecule has 1 aliphatic carbocycles. The molecule has 5 rings (SSSR count). The van der Waals surface area contributed by atoms with Crippen LogP contribution in [0.3, 0.4) is 0 Å². The van der Waals surface area contributed by atoms with Gasteiger partial charge in [-0.3, -0.25) is 9.59 Å². The van der Waals surface area contributed by atoms with Gasteiger partial charge in [-0.15, -0.1) is 13.2 Å². The molecular formula is C29H27F3N2O4. The second-order valence-corrected chi connectivity index (χ2v) is 9.92. The number of hydrogen-bond donors (Lipinski definition) is 2. The molecule has 0 aromatic heterocycles. The minimum absolute atomic E-state index is 0.0538.